The SMILES string of the molecule is NC(=O)N1C[C@@H]2C[C@@H]1CN2Cc1cccc(Oc2nc3ccccc3s2)c1. The maximum absolute atomic E-state index is 11.4. The molecule has 2 saturated heterocycles. The zero-order chi connectivity index (χ0) is 18.4. The van der Waals surface area contributed by atoms with E-state index in [1.165, 1.54) is 5.56 Å². The predicted molar refractivity (Wildman–Crippen MR) is 105 cm³/mol. The van der Waals surface area contributed by atoms with E-state index in [1.807, 2.05) is 36.4 Å². The molecule has 2 aromatic carbocycles. The summed E-state index contributed by atoms with van der Waals surface area (Å²) in [5.74, 6) is 0.801. The van der Waals surface area contributed by atoms with Gasteiger partial charge in [0.05, 0.1) is 10.2 Å². The van der Waals surface area contributed by atoms with Crippen molar-refractivity contribution in [3.05, 3.63) is 54.1 Å². The van der Waals surface area contributed by atoms with E-state index >= 15 is 0 Å². The summed E-state index contributed by atoms with van der Waals surface area (Å²) >= 11 is 1.55. The highest BCUT2D eigenvalue weighted by molar-refractivity contribution is 7.20. The van der Waals surface area contributed by atoms with Gasteiger partial charge in [-0.05, 0) is 36.2 Å². The number of carbonyl (C=O) groups is 1. The molecule has 2 bridgehead atoms. The Morgan fingerprint density at radius 2 is 2.07 bits per heavy atom. The topological polar surface area (TPSA) is 71.7 Å². The van der Waals surface area contributed by atoms with Crippen LogP contribution in [0.2, 0.25) is 0 Å². The van der Waals surface area contributed by atoms with E-state index in [0.29, 0.717) is 11.2 Å². The zero-order valence-corrected chi connectivity index (χ0v) is 15.6. The number of likely N-dealkylation sites (tertiary alicyclic amines) is 2. The Morgan fingerprint density at radius 1 is 1.19 bits per heavy atom. The number of rotatable bonds is 4. The highest BCUT2D eigenvalue weighted by atomic mass is 32.1. The van der Waals surface area contributed by atoms with Gasteiger partial charge in [0.1, 0.15) is 5.75 Å². The van der Waals surface area contributed by atoms with Crippen molar-refractivity contribution < 1.29 is 9.53 Å². The van der Waals surface area contributed by atoms with Crippen LogP contribution in [0.15, 0.2) is 48.5 Å². The summed E-state index contributed by atoms with van der Waals surface area (Å²) in [6.45, 7) is 2.48. The maximum atomic E-state index is 11.4. The Balaban J connectivity index is 1.28. The fraction of sp³-hybridized carbons (Fsp3) is 0.300. The minimum Gasteiger partial charge on any atom is -0.431 e. The molecule has 2 amide bonds. The number of amides is 2. The number of thiazole rings is 1. The summed E-state index contributed by atoms with van der Waals surface area (Å²) in [6, 6.07) is 16.6. The number of carbonyl (C=O) groups excluding carboxylic acids is 1. The van der Waals surface area contributed by atoms with Gasteiger partial charge in [0, 0.05) is 31.7 Å². The number of para-hydroxylation sites is 1. The predicted octanol–water partition coefficient (Wildman–Crippen LogP) is 3.43. The first-order valence-electron chi connectivity index (χ1n) is 9.08. The lowest BCUT2D eigenvalue weighted by Gasteiger charge is -2.33. The van der Waals surface area contributed by atoms with Crippen LogP contribution in [0.25, 0.3) is 10.2 Å². The number of piperazine rings is 1. The second kappa shape index (κ2) is 6.51. The van der Waals surface area contributed by atoms with Gasteiger partial charge in [-0.1, -0.05) is 35.6 Å². The van der Waals surface area contributed by atoms with Gasteiger partial charge in [-0.3, -0.25) is 4.90 Å². The minimum atomic E-state index is -0.298. The quantitative estimate of drug-likeness (QED) is 0.753. The third-order valence-electron chi connectivity index (χ3n) is 5.40. The molecule has 3 aromatic rings. The summed E-state index contributed by atoms with van der Waals surface area (Å²) < 4.78 is 7.12. The van der Waals surface area contributed by atoms with Crippen molar-refractivity contribution in [1.82, 2.24) is 14.8 Å². The third-order valence-corrected chi connectivity index (χ3v) is 6.32. The molecule has 138 valence electrons. The van der Waals surface area contributed by atoms with Crippen molar-refractivity contribution in [3.8, 4) is 10.9 Å². The molecule has 2 atom stereocenters. The number of primary amides is 1. The molecule has 0 saturated carbocycles. The van der Waals surface area contributed by atoms with E-state index in [9.17, 15) is 4.79 Å². The van der Waals surface area contributed by atoms with Crippen LogP contribution >= 0.6 is 11.3 Å². The van der Waals surface area contributed by atoms with E-state index in [4.69, 9.17) is 10.5 Å². The highest BCUT2D eigenvalue weighted by Crippen LogP contribution is 2.33. The van der Waals surface area contributed by atoms with E-state index < -0.39 is 0 Å². The normalized spacial score (nSPS) is 21.9. The molecule has 7 heteroatoms. The van der Waals surface area contributed by atoms with E-state index in [0.717, 1.165) is 42.0 Å². The van der Waals surface area contributed by atoms with Gasteiger partial charge < -0.3 is 15.4 Å². The fourth-order valence-electron chi connectivity index (χ4n) is 4.15. The smallest absolute Gasteiger partial charge is 0.315 e. The molecular formula is C20H20N4O2S. The Kier molecular flexibility index (Phi) is 3.98. The van der Waals surface area contributed by atoms with Crippen molar-refractivity contribution in [2.24, 2.45) is 5.73 Å². The van der Waals surface area contributed by atoms with Crippen LogP contribution in [-0.4, -0.2) is 46.0 Å². The average Bonchev–Trinajstić information content (AvgIpc) is 3.34. The monoisotopic (exact) mass is 380 g/mol. The number of hydrogen-bond acceptors (Lipinski definition) is 5. The standard InChI is InChI=1S/C20H20N4O2S/c21-19(25)24-12-14-9-15(24)11-23(14)10-13-4-3-5-16(8-13)26-20-22-17-6-1-2-7-18(17)27-20/h1-8,14-15H,9-12H2,(H2,21,25)/t14-,15+/m0/s1. The van der Waals surface area contributed by atoms with Gasteiger partial charge >= 0.3 is 6.03 Å². The number of nitrogens with zero attached hydrogens (tertiary/aromatic N) is 3. The van der Waals surface area contributed by atoms with Gasteiger partial charge in [0.15, 0.2) is 0 Å². The number of ether oxygens (including phenoxy) is 1. The number of nitrogens with two attached hydrogens (primary N) is 1. The van der Waals surface area contributed by atoms with E-state index in [1.54, 1.807) is 16.2 Å². The van der Waals surface area contributed by atoms with Gasteiger partial charge in [-0.25, -0.2) is 9.78 Å². The van der Waals surface area contributed by atoms with Gasteiger partial charge in [-0.2, -0.15) is 0 Å². The first kappa shape index (κ1) is 16.5. The first-order valence-corrected chi connectivity index (χ1v) is 9.90. The summed E-state index contributed by atoms with van der Waals surface area (Å²) in [4.78, 5) is 20.2. The van der Waals surface area contributed by atoms with Crippen molar-refractivity contribution >= 4 is 27.6 Å². The van der Waals surface area contributed by atoms with Crippen LogP contribution in [0.4, 0.5) is 4.79 Å². The zero-order valence-electron chi connectivity index (χ0n) is 14.7. The lowest BCUT2D eigenvalue weighted by molar-refractivity contribution is 0.137. The molecular weight excluding hydrogens is 360 g/mol. The number of fused-ring (bicyclic) bond motifs is 3. The second-order valence-electron chi connectivity index (χ2n) is 7.16. The lowest BCUT2D eigenvalue weighted by Crippen LogP contribution is -2.50. The van der Waals surface area contributed by atoms with Crippen LogP contribution in [0.1, 0.15) is 12.0 Å². The van der Waals surface area contributed by atoms with Gasteiger partial charge in [-0.15, -0.1) is 0 Å². The molecule has 0 spiro atoms. The molecule has 5 rings (SSSR count). The Labute approximate surface area is 161 Å². The van der Waals surface area contributed by atoms with Crippen LogP contribution in [0, 0.1) is 0 Å². The Hall–Kier alpha value is -2.64. The molecule has 2 aliphatic rings. The fourth-order valence-corrected chi connectivity index (χ4v) is 4.99. The van der Waals surface area contributed by atoms with Crippen molar-refractivity contribution in [1.29, 1.82) is 0 Å². The number of benzene rings is 2. The Morgan fingerprint density at radius 3 is 2.85 bits per heavy atom. The van der Waals surface area contributed by atoms with Crippen molar-refractivity contribution in [2.45, 2.75) is 25.0 Å². The summed E-state index contributed by atoms with van der Waals surface area (Å²) in [5.41, 5.74) is 7.61. The Bertz CT molecular complexity index is 971. The van der Waals surface area contributed by atoms with Crippen molar-refractivity contribution in [3.63, 3.8) is 0 Å². The van der Waals surface area contributed by atoms with Crippen LogP contribution in [0.3, 0.4) is 0 Å². The first-order chi connectivity index (χ1) is 13.2. The van der Waals surface area contributed by atoms with Crippen LogP contribution in [-0.2, 0) is 6.54 Å². The van der Waals surface area contributed by atoms with E-state index in [-0.39, 0.29) is 12.1 Å². The summed E-state index contributed by atoms with van der Waals surface area (Å²) in [7, 11) is 0. The van der Waals surface area contributed by atoms with Crippen LogP contribution < -0.4 is 10.5 Å². The van der Waals surface area contributed by atoms with E-state index in [2.05, 4.69) is 22.0 Å². The summed E-state index contributed by atoms with van der Waals surface area (Å²) in [6.07, 6.45) is 1.02. The largest absolute Gasteiger partial charge is 0.431 e. The summed E-state index contributed by atoms with van der Waals surface area (Å²) in [5, 5.41) is 0.658. The molecule has 0 radical (unpaired) electrons. The van der Waals surface area contributed by atoms with Crippen LogP contribution in [0.5, 0.6) is 10.9 Å². The average molecular weight is 380 g/mol. The van der Waals surface area contributed by atoms with Gasteiger partial charge in [0.25, 0.3) is 5.19 Å². The van der Waals surface area contributed by atoms with Crippen molar-refractivity contribution in [2.75, 3.05) is 13.1 Å². The molecule has 27 heavy (non-hydrogen) atoms. The second-order valence-corrected chi connectivity index (χ2v) is 8.15. The third kappa shape index (κ3) is 3.13. The lowest BCUT2D eigenvalue weighted by atomic mass is 10.2. The molecule has 1 aromatic heterocycles. The minimum absolute atomic E-state index is 0.259. The molecule has 2 N–H and O–H groups in total. The highest BCUT2D eigenvalue weighted by Gasteiger charge is 2.44. The molecule has 0 unspecified atom stereocenters. The molecule has 2 aliphatic heterocycles. The number of hydrogen-bond donors (Lipinski definition) is 1. The van der Waals surface area contributed by atoms with Gasteiger partial charge in [0.2, 0.25) is 0 Å². The number of urea groups is 1. The number of aromatic nitrogens is 1. The maximum Gasteiger partial charge on any atom is 0.315 e. The molecule has 0 aliphatic carbocycles. The molecule has 2 fully saturated rings. The molecule has 6 nitrogen and oxygen atoms in total. The molecule has 3 heterocycles.